The maximum absolute atomic E-state index is 13.0. The van der Waals surface area contributed by atoms with Gasteiger partial charge in [-0.3, -0.25) is 4.79 Å². The topological polar surface area (TPSA) is 32.8 Å². The zero-order valence-electron chi connectivity index (χ0n) is 18.2. The third kappa shape index (κ3) is 4.50. The number of quaternary nitrogens is 1. The number of hydrogen-bond donors (Lipinski definition) is 0. The molecule has 2 aromatic carbocycles. The number of carbonyl (C=O) groups excluding carboxylic acids is 1. The highest BCUT2D eigenvalue weighted by molar-refractivity contribution is 14.1. The van der Waals surface area contributed by atoms with E-state index in [1.165, 1.54) is 11.1 Å². The summed E-state index contributed by atoms with van der Waals surface area (Å²) in [6.45, 7) is 3.02. The van der Waals surface area contributed by atoms with Crippen LogP contribution in [0.4, 0.5) is 5.69 Å². The number of anilines is 1. The molecule has 1 aliphatic carbocycles. The summed E-state index contributed by atoms with van der Waals surface area (Å²) in [4.78, 5) is 13.0. The van der Waals surface area contributed by atoms with Crippen molar-refractivity contribution in [3.05, 3.63) is 59.7 Å². The molecule has 1 heterocycles. The predicted octanol–water partition coefficient (Wildman–Crippen LogP) is 4.77. The summed E-state index contributed by atoms with van der Waals surface area (Å²) in [6.07, 6.45) is 2.84. The zero-order valence-corrected chi connectivity index (χ0v) is 20.4. The van der Waals surface area contributed by atoms with E-state index in [1.807, 2.05) is 29.3 Å². The van der Waals surface area contributed by atoms with Crippen LogP contribution in [0.3, 0.4) is 0 Å². The minimum absolute atomic E-state index is 0.119. The highest BCUT2D eigenvalue weighted by atomic mass is 127. The van der Waals surface area contributed by atoms with Crippen LogP contribution >= 0.6 is 22.9 Å². The lowest BCUT2D eigenvalue weighted by Gasteiger charge is -2.47. The molecule has 0 saturated carbocycles. The molecule has 5 nitrogen and oxygen atoms in total. The summed E-state index contributed by atoms with van der Waals surface area (Å²) >= 11 is 2.32. The van der Waals surface area contributed by atoms with E-state index in [0.717, 1.165) is 35.3 Å². The van der Waals surface area contributed by atoms with E-state index in [0.29, 0.717) is 12.3 Å². The second-order valence-corrected chi connectivity index (χ2v) is 10.5. The number of hydrogen-bond acceptors (Lipinski definition) is 3. The third-order valence-corrected chi connectivity index (χ3v) is 6.95. The summed E-state index contributed by atoms with van der Waals surface area (Å²) in [5, 5.41) is 1.84. The molecule has 1 saturated heterocycles. The quantitative estimate of drug-likeness (QED) is 0.324. The fourth-order valence-electron chi connectivity index (χ4n) is 4.81. The van der Waals surface area contributed by atoms with E-state index in [-0.39, 0.29) is 18.1 Å². The van der Waals surface area contributed by atoms with Crippen molar-refractivity contribution in [1.29, 1.82) is 0 Å². The minimum atomic E-state index is 0.119. The molecule has 0 bridgehead atoms. The van der Waals surface area contributed by atoms with Gasteiger partial charge in [0.1, 0.15) is 18.4 Å². The van der Waals surface area contributed by atoms with E-state index >= 15 is 0 Å². The van der Waals surface area contributed by atoms with Crippen LogP contribution in [-0.2, 0) is 11.2 Å². The van der Waals surface area contributed by atoms with Gasteiger partial charge in [-0.2, -0.15) is 0 Å². The molecule has 2 aliphatic rings. The molecule has 0 spiro atoms. The van der Waals surface area contributed by atoms with Crippen LogP contribution in [0.25, 0.3) is 0 Å². The van der Waals surface area contributed by atoms with Gasteiger partial charge in [0, 0.05) is 29.3 Å². The number of aryl methyl sites for hydroxylation is 1. The molecule has 4 rings (SSSR count). The van der Waals surface area contributed by atoms with Crippen LogP contribution < -0.4 is 9.75 Å². The van der Waals surface area contributed by atoms with Crippen molar-refractivity contribution in [2.75, 3.05) is 32.7 Å². The molecule has 0 aromatic heterocycles. The van der Waals surface area contributed by atoms with Crippen LogP contribution in [0.1, 0.15) is 36.9 Å². The SMILES string of the molecule is CC(C[N+](C)(C)C)Oc1ccc(N2C(=O)CC3CCc4ccccc4C3N2I)cc1. The molecule has 3 unspecified atom stereocenters. The molecule has 1 aliphatic heterocycles. The van der Waals surface area contributed by atoms with Gasteiger partial charge in [0.05, 0.1) is 32.9 Å². The Morgan fingerprint density at radius 1 is 1.13 bits per heavy atom. The van der Waals surface area contributed by atoms with E-state index in [2.05, 4.69) is 78.4 Å². The molecule has 30 heavy (non-hydrogen) atoms. The van der Waals surface area contributed by atoms with Crippen LogP contribution in [0.5, 0.6) is 5.75 Å². The van der Waals surface area contributed by atoms with Crippen molar-refractivity contribution in [3.63, 3.8) is 0 Å². The van der Waals surface area contributed by atoms with Crippen LogP contribution in [0.15, 0.2) is 48.5 Å². The monoisotopic (exact) mass is 520 g/mol. The number of halogens is 1. The molecule has 3 atom stereocenters. The number of rotatable bonds is 5. The first-order valence-corrected chi connectivity index (χ1v) is 11.6. The summed E-state index contributed by atoms with van der Waals surface area (Å²) in [6, 6.07) is 16.8. The zero-order chi connectivity index (χ0) is 21.5. The van der Waals surface area contributed by atoms with E-state index in [1.54, 1.807) is 0 Å². The van der Waals surface area contributed by atoms with Crippen molar-refractivity contribution in [1.82, 2.24) is 3.22 Å². The van der Waals surface area contributed by atoms with E-state index < -0.39 is 0 Å². The molecule has 1 fully saturated rings. The highest BCUT2D eigenvalue weighted by Crippen LogP contribution is 2.47. The number of amides is 1. The van der Waals surface area contributed by atoms with Crippen molar-refractivity contribution < 1.29 is 14.0 Å². The smallest absolute Gasteiger partial charge is 0.242 e. The second kappa shape index (κ2) is 8.48. The Kier molecular flexibility index (Phi) is 6.10. The van der Waals surface area contributed by atoms with Gasteiger partial charge < -0.3 is 9.22 Å². The fourth-order valence-corrected chi connectivity index (χ4v) is 6.05. The molecule has 6 heteroatoms. The van der Waals surface area contributed by atoms with Gasteiger partial charge >= 0.3 is 0 Å². The summed E-state index contributed by atoms with van der Waals surface area (Å²) in [5.74, 6) is 1.38. The van der Waals surface area contributed by atoms with Crippen molar-refractivity contribution in [3.8, 4) is 5.75 Å². The number of hydrazine groups is 1. The van der Waals surface area contributed by atoms with Crippen LogP contribution in [-0.4, -0.2) is 47.4 Å². The van der Waals surface area contributed by atoms with Gasteiger partial charge in [0.15, 0.2) is 0 Å². The number of likely N-dealkylation sites (N-methyl/N-ethyl adjacent to an activating group) is 1. The molecule has 160 valence electrons. The first kappa shape index (κ1) is 21.6. The van der Waals surface area contributed by atoms with Gasteiger partial charge in [0.2, 0.25) is 5.91 Å². The molecule has 0 N–H and O–H groups in total. The number of nitrogens with zero attached hydrogens (tertiary/aromatic N) is 3. The average molecular weight is 520 g/mol. The Hall–Kier alpha value is -1.64. The van der Waals surface area contributed by atoms with Gasteiger partial charge in [-0.1, -0.05) is 24.3 Å². The predicted molar refractivity (Wildman–Crippen MR) is 128 cm³/mol. The van der Waals surface area contributed by atoms with Gasteiger partial charge in [-0.05, 0) is 61.1 Å². The summed E-state index contributed by atoms with van der Waals surface area (Å²) < 4.78 is 9.05. The standard InChI is InChI=1S/C24H31IN3O2/c1-17(16-28(2,3)4)30-21-13-11-20(12-14-21)26-23(29)15-19-10-9-18-7-5-6-8-22(18)24(19)27(26)25/h5-8,11-14,17,19,24H,9-10,15-16H2,1-4H3/q+1. The summed E-state index contributed by atoms with van der Waals surface area (Å²) in [5.41, 5.74) is 3.65. The Morgan fingerprint density at radius 2 is 1.83 bits per heavy atom. The van der Waals surface area contributed by atoms with Crippen molar-refractivity contribution in [2.24, 2.45) is 5.92 Å². The number of fused-ring (bicyclic) bond motifs is 3. The van der Waals surface area contributed by atoms with Crippen LogP contribution in [0.2, 0.25) is 0 Å². The number of ether oxygens (including phenoxy) is 1. The van der Waals surface area contributed by atoms with Crippen molar-refractivity contribution >= 4 is 34.5 Å². The molecule has 0 radical (unpaired) electrons. The molecular formula is C24H31IN3O2+. The summed E-state index contributed by atoms with van der Waals surface area (Å²) in [7, 11) is 6.49. The van der Waals surface area contributed by atoms with E-state index in [9.17, 15) is 4.79 Å². The lowest BCUT2D eigenvalue weighted by molar-refractivity contribution is -0.872. The lowest BCUT2D eigenvalue weighted by Crippen LogP contribution is -2.51. The molecule has 1 amide bonds. The van der Waals surface area contributed by atoms with Gasteiger partial charge in [-0.25, -0.2) is 5.01 Å². The molecule has 2 aromatic rings. The first-order valence-electron chi connectivity index (χ1n) is 10.7. The highest BCUT2D eigenvalue weighted by Gasteiger charge is 2.43. The average Bonchev–Trinajstić information content (AvgIpc) is 2.67. The maximum Gasteiger partial charge on any atom is 0.242 e. The van der Waals surface area contributed by atoms with Crippen molar-refractivity contribution in [2.45, 2.75) is 38.3 Å². The van der Waals surface area contributed by atoms with Gasteiger partial charge in [-0.15, -0.1) is 3.22 Å². The second-order valence-electron chi connectivity index (χ2n) is 9.54. The third-order valence-electron chi connectivity index (χ3n) is 5.92. The Labute approximate surface area is 193 Å². The van der Waals surface area contributed by atoms with Gasteiger partial charge in [0.25, 0.3) is 0 Å². The fraction of sp³-hybridized carbons (Fsp3) is 0.458. The minimum Gasteiger partial charge on any atom is -0.485 e. The maximum atomic E-state index is 13.0. The first-order chi connectivity index (χ1) is 14.2. The number of benzene rings is 2. The Bertz CT molecular complexity index is 909. The van der Waals surface area contributed by atoms with Crippen LogP contribution in [0, 0.1) is 5.92 Å². The lowest BCUT2D eigenvalue weighted by atomic mass is 9.77. The largest absolute Gasteiger partial charge is 0.485 e. The number of carbonyl (C=O) groups is 1. The molecular weight excluding hydrogens is 489 g/mol. The normalized spacial score (nSPS) is 23.0. The Balaban J connectivity index is 1.53. The van der Waals surface area contributed by atoms with E-state index in [4.69, 9.17) is 4.74 Å². The Morgan fingerprint density at radius 3 is 2.53 bits per heavy atom.